The Morgan fingerprint density at radius 1 is 1.35 bits per heavy atom. The average Bonchev–Trinajstić information content (AvgIpc) is 3.21. The predicted molar refractivity (Wildman–Crippen MR) is 125 cm³/mol. The Balaban J connectivity index is 1.59. The number of nitrogens with two attached hydrogens (primary N) is 2. The molecule has 1 fully saturated rings. The standard InChI is InChI=1S/C20H23BrFN7OS/c1-28-20(29-7-2-3-12(23)6-8-29)15(10-25-28)26-18(30)16-17(24)31-19(27-16)13-9-11(21)4-5-14(13)22/h4-5,9-10,12H,2-3,6-8,23-24H2,1H3,(H,26,30). The van der Waals surface area contributed by atoms with E-state index in [1.54, 1.807) is 23.0 Å². The Labute approximate surface area is 191 Å². The fourth-order valence-corrected chi connectivity index (χ4v) is 4.89. The summed E-state index contributed by atoms with van der Waals surface area (Å²) in [4.78, 5) is 19.5. The molecule has 5 N–H and O–H groups in total. The zero-order valence-electron chi connectivity index (χ0n) is 16.9. The van der Waals surface area contributed by atoms with Crippen molar-refractivity contribution in [2.45, 2.75) is 25.3 Å². The van der Waals surface area contributed by atoms with E-state index in [-0.39, 0.29) is 22.3 Å². The third-order valence-corrected chi connectivity index (χ3v) is 6.67. The number of halogens is 2. The summed E-state index contributed by atoms with van der Waals surface area (Å²) in [6.07, 6.45) is 4.43. The lowest BCUT2D eigenvalue weighted by molar-refractivity contribution is 0.102. The smallest absolute Gasteiger partial charge is 0.277 e. The quantitative estimate of drug-likeness (QED) is 0.496. The number of carbonyl (C=O) groups excluding carboxylic acids is 1. The fraction of sp³-hybridized carbons (Fsp3) is 0.350. The van der Waals surface area contributed by atoms with Crippen molar-refractivity contribution in [3.63, 3.8) is 0 Å². The number of aromatic nitrogens is 3. The maximum absolute atomic E-state index is 14.2. The number of anilines is 3. The van der Waals surface area contributed by atoms with Crippen LogP contribution in [0.25, 0.3) is 10.6 Å². The molecule has 11 heteroatoms. The van der Waals surface area contributed by atoms with Gasteiger partial charge >= 0.3 is 0 Å². The van der Waals surface area contributed by atoms with Crippen molar-refractivity contribution in [3.8, 4) is 10.6 Å². The minimum atomic E-state index is -0.462. The number of hydrogen-bond acceptors (Lipinski definition) is 7. The van der Waals surface area contributed by atoms with E-state index in [1.807, 2.05) is 7.05 Å². The summed E-state index contributed by atoms with van der Waals surface area (Å²) in [5.41, 5.74) is 13.1. The molecule has 1 saturated heterocycles. The highest BCUT2D eigenvalue weighted by molar-refractivity contribution is 9.10. The second-order valence-corrected chi connectivity index (χ2v) is 9.44. The zero-order chi connectivity index (χ0) is 22.1. The molecular weight excluding hydrogens is 485 g/mol. The molecule has 1 aliphatic rings. The number of hydrogen-bond donors (Lipinski definition) is 3. The number of carbonyl (C=O) groups is 1. The molecule has 4 rings (SSSR count). The molecular formula is C20H23BrFN7OS. The van der Waals surface area contributed by atoms with Crippen LogP contribution in [0.5, 0.6) is 0 Å². The predicted octanol–water partition coefficient (Wildman–Crippen LogP) is 3.60. The van der Waals surface area contributed by atoms with Gasteiger partial charge in [-0.2, -0.15) is 5.10 Å². The molecule has 3 heterocycles. The molecule has 31 heavy (non-hydrogen) atoms. The maximum Gasteiger partial charge on any atom is 0.277 e. The molecule has 0 spiro atoms. The molecule has 0 aliphatic carbocycles. The average molecular weight is 508 g/mol. The fourth-order valence-electron chi connectivity index (χ4n) is 3.68. The molecule has 164 valence electrons. The lowest BCUT2D eigenvalue weighted by atomic mass is 10.1. The molecule has 0 saturated carbocycles. The van der Waals surface area contributed by atoms with Crippen molar-refractivity contribution >= 4 is 49.7 Å². The van der Waals surface area contributed by atoms with Gasteiger partial charge in [0.05, 0.1) is 6.20 Å². The van der Waals surface area contributed by atoms with E-state index >= 15 is 0 Å². The van der Waals surface area contributed by atoms with E-state index in [0.717, 1.165) is 49.5 Å². The van der Waals surface area contributed by atoms with Gasteiger partial charge in [-0.1, -0.05) is 27.3 Å². The zero-order valence-corrected chi connectivity index (χ0v) is 19.3. The Morgan fingerprint density at radius 3 is 2.97 bits per heavy atom. The monoisotopic (exact) mass is 507 g/mol. The molecule has 0 radical (unpaired) electrons. The van der Waals surface area contributed by atoms with Gasteiger partial charge in [0.2, 0.25) is 0 Å². The van der Waals surface area contributed by atoms with Crippen LogP contribution in [0, 0.1) is 5.82 Å². The normalized spacial score (nSPS) is 16.9. The highest BCUT2D eigenvalue weighted by Gasteiger charge is 2.24. The molecule has 1 amide bonds. The number of benzene rings is 1. The van der Waals surface area contributed by atoms with Crippen molar-refractivity contribution in [3.05, 3.63) is 40.4 Å². The van der Waals surface area contributed by atoms with Crippen LogP contribution in [-0.2, 0) is 7.05 Å². The largest absolute Gasteiger partial charge is 0.389 e. The Kier molecular flexibility index (Phi) is 6.26. The third-order valence-electron chi connectivity index (χ3n) is 5.26. The summed E-state index contributed by atoms with van der Waals surface area (Å²) in [6.45, 7) is 1.62. The van der Waals surface area contributed by atoms with Gasteiger partial charge in [-0.05, 0) is 37.5 Å². The molecule has 1 aromatic carbocycles. The number of aryl methyl sites for hydroxylation is 1. The first-order valence-corrected chi connectivity index (χ1v) is 11.5. The van der Waals surface area contributed by atoms with Gasteiger partial charge in [0.25, 0.3) is 5.91 Å². The summed E-state index contributed by atoms with van der Waals surface area (Å²) >= 11 is 4.40. The molecule has 1 atom stereocenters. The molecule has 1 aliphatic heterocycles. The number of nitrogen functional groups attached to an aromatic ring is 1. The topological polar surface area (TPSA) is 115 Å². The number of amides is 1. The van der Waals surface area contributed by atoms with E-state index in [4.69, 9.17) is 11.5 Å². The summed E-state index contributed by atoms with van der Waals surface area (Å²) < 4.78 is 16.7. The van der Waals surface area contributed by atoms with Crippen molar-refractivity contribution < 1.29 is 9.18 Å². The molecule has 2 aromatic heterocycles. The molecule has 0 bridgehead atoms. The van der Waals surface area contributed by atoms with Crippen LogP contribution >= 0.6 is 27.3 Å². The van der Waals surface area contributed by atoms with E-state index in [2.05, 4.69) is 36.2 Å². The number of thiazole rings is 1. The molecule has 8 nitrogen and oxygen atoms in total. The summed E-state index contributed by atoms with van der Waals surface area (Å²) in [5.74, 6) is -0.0801. The lowest BCUT2D eigenvalue weighted by Crippen LogP contribution is -2.29. The van der Waals surface area contributed by atoms with Crippen LogP contribution in [0.2, 0.25) is 0 Å². The lowest BCUT2D eigenvalue weighted by Gasteiger charge is -2.24. The number of nitrogens with one attached hydrogen (secondary N) is 1. The van der Waals surface area contributed by atoms with Crippen LogP contribution < -0.4 is 21.7 Å². The highest BCUT2D eigenvalue weighted by Crippen LogP contribution is 2.34. The number of rotatable bonds is 4. The minimum Gasteiger partial charge on any atom is -0.389 e. The van der Waals surface area contributed by atoms with Crippen molar-refractivity contribution in [1.82, 2.24) is 14.8 Å². The summed E-state index contributed by atoms with van der Waals surface area (Å²) in [7, 11) is 1.83. The Hall–Kier alpha value is -2.50. The summed E-state index contributed by atoms with van der Waals surface area (Å²) in [5, 5.41) is 7.75. The second-order valence-electron chi connectivity index (χ2n) is 7.49. The third kappa shape index (κ3) is 4.58. The van der Waals surface area contributed by atoms with Gasteiger partial charge in [0, 0.05) is 36.2 Å². The first-order chi connectivity index (χ1) is 14.8. The molecule has 1 unspecified atom stereocenters. The van der Waals surface area contributed by atoms with Crippen LogP contribution in [-0.4, -0.2) is 39.8 Å². The van der Waals surface area contributed by atoms with Gasteiger partial charge in [-0.3, -0.25) is 9.48 Å². The first kappa shape index (κ1) is 21.7. The first-order valence-electron chi connectivity index (χ1n) is 9.89. The highest BCUT2D eigenvalue weighted by atomic mass is 79.9. The second kappa shape index (κ2) is 8.93. The van der Waals surface area contributed by atoms with Gasteiger partial charge in [-0.25, -0.2) is 9.37 Å². The summed E-state index contributed by atoms with van der Waals surface area (Å²) in [6, 6.07) is 4.73. The van der Waals surface area contributed by atoms with Crippen LogP contribution in [0.15, 0.2) is 28.9 Å². The molecule has 3 aromatic rings. The van der Waals surface area contributed by atoms with Crippen molar-refractivity contribution in [2.75, 3.05) is 29.0 Å². The maximum atomic E-state index is 14.2. The minimum absolute atomic E-state index is 0.0621. The Bertz CT molecular complexity index is 1120. The SMILES string of the molecule is Cn1ncc(NC(=O)c2nc(-c3cc(Br)ccc3F)sc2N)c1N1CCCC(N)CC1. The van der Waals surface area contributed by atoms with E-state index < -0.39 is 11.7 Å². The van der Waals surface area contributed by atoms with E-state index in [0.29, 0.717) is 15.2 Å². The van der Waals surface area contributed by atoms with Gasteiger partial charge < -0.3 is 21.7 Å². The van der Waals surface area contributed by atoms with Crippen molar-refractivity contribution in [1.29, 1.82) is 0 Å². The Morgan fingerprint density at radius 2 is 2.16 bits per heavy atom. The van der Waals surface area contributed by atoms with Crippen LogP contribution in [0.3, 0.4) is 0 Å². The van der Waals surface area contributed by atoms with Gasteiger partial charge in [-0.15, -0.1) is 0 Å². The number of nitrogens with zero attached hydrogens (tertiary/aromatic N) is 4. The van der Waals surface area contributed by atoms with Crippen LogP contribution in [0.4, 0.5) is 20.9 Å². The van der Waals surface area contributed by atoms with Crippen LogP contribution in [0.1, 0.15) is 29.8 Å². The van der Waals surface area contributed by atoms with Crippen molar-refractivity contribution in [2.24, 2.45) is 12.8 Å². The van der Waals surface area contributed by atoms with E-state index in [1.165, 1.54) is 6.07 Å². The van der Waals surface area contributed by atoms with E-state index in [9.17, 15) is 9.18 Å². The van der Waals surface area contributed by atoms with Gasteiger partial charge in [0.15, 0.2) is 11.5 Å². The van der Waals surface area contributed by atoms with Gasteiger partial charge in [0.1, 0.15) is 21.5 Å².